The monoisotopic (exact) mass is 462 g/mol. The van der Waals surface area contributed by atoms with E-state index >= 15 is 0 Å². The third-order valence-electron chi connectivity index (χ3n) is 4.65. The van der Waals surface area contributed by atoms with Gasteiger partial charge in [0.1, 0.15) is 23.1 Å². The molecule has 0 radical (unpaired) electrons. The summed E-state index contributed by atoms with van der Waals surface area (Å²) in [6, 6.07) is 9.07. The fourth-order valence-electron chi connectivity index (χ4n) is 3.14. The van der Waals surface area contributed by atoms with Gasteiger partial charge in [0.05, 0.1) is 11.3 Å². The van der Waals surface area contributed by atoms with Crippen LogP contribution < -0.4 is 0 Å². The molecule has 4 nitrogen and oxygen atoms in total. The van der Waals surface area contributed by atoms with Crippen molar-refractivity contribution in [1.82, 2.24) is 0 Å². The molecule has 0 aliphatic rings. The summed E-state index contributed by atoms with van der Waals surface area (Å²) in [5.41, 5.74) is 1.55. The van der Waals surface area contributed by atoms with Crippen molar-refractivity contribution < 1.29 is 13.2 Å². The van der Waals surface area contributed by atoms with E-state index in [1.165, 1.54) is 19.2 Å². The first-order valence-electron chi connectivity index (χ1n) is 10.3. The molecule has 0 fully saturated rings. The molecule has 2 aromatic rings. The Hall–Kier alpha value is -4.13. The molecular weight excluding hydrogens is 437 g/mol. The Morgan fingerprint density at radius 1 is 1.06 bits per heavy atom. The normalized spacial score (nSPS) is 13.3. The highest BCUT2D eigenvalue weighted by Crippen LogP contribution is 2.26. The van der Waals surface area contributed by atoms with Gasteiger partial charge in [0.25, 0.3) is 0 Å². The summed E-state index contributed by atoms with van der Waals surface area (Å²) < 4.78 is 42.4. The Bertz CT molecular complexity index is 1230. The summed E-state index contributed by atoms with van der Waals surface area (Å²) in [6.45, 7) is 9.31. The van der Waals surface area contributed by atoms with Gasteiger partial charge in [0.2, 0.25) is 0 Å². The molecule has 0 aliphatic carbocycles. The second-order valence-electron chi connectivity index (χ2n) is 6.93. The van der Waals surface area contributed by atoms with E-state index in [1.807, 2.05) is 6.92 Å². The topological polar surface area (TPSA) is 60.9 Å². The molecular formula is C27H25F3N4. The largest absolute Gasteiger partial charge is 0.282 e. The minimum Gasteiger partial charge on any atom is -0.282 e. The van der Waals surface area contributed by atoms with Crippen molar-refractivity contribution in [2.75, 3.05) is 7.05 Å². The standard InChI is InChI=1S/C27H25F3N4/c1-5-10-18(11-6-2)21(16-19-12-8-9-13-23(19)29)26(34-32-4)25(7-3)33-27(31)22-17-20(28)14-15-24(22)30/h5-15,17,31H,1,3,16H2,2,4H3/b11-6-,18-10+,26-21+,31-27?,33-25?,34-32?. The van der Waals surface area contributed by atoms with Crippen LogP contribution in [0.15, 0.2) is 118 Å². The van der Waals surface area contributed by atoms with Crippen LogP contribution in [0.1, 0.15) is 18.1 Å². The number of allylic oxidation sites excluding steroid dienone is 7. The summed E-state index contributed by atoms with van der Waals surface area (Å²) in [6.07, 6.45) is 8.33. The van der Waals surface area contributed by atoms with Gasteiger partial charge in [0.15, 0.2) is 5.84 Å². The van der Waals surface area contributed by atoms with E-state index in [0.29, 0.717) is 16.7 Å². The number of azo groups is 1. The summed E-state index contributed by atoms with van der Waals surface area (Å²) >= 11 is 0. The zero-order valence-corrected chi connectivity index (χ0v) is 19.0. The SMILES string of the molecule is C=C/C=C(\C=C/C)C(/Cc1ccccc1F)=C(/N=NC)C(C=C)=NC(=N)c1cc(F)ccc1F. The molecule has 0 saturated carbocycles. The third kappa shape index (κ3) is 6.68. The Labute approximate surface area is 197 Å². The lowest BCUT2D eigenvalue weighted by Crippen LogP contribution is -2.10. The van der Waals surface area contributed by atoms with E-state index < -0.39 is 23.3 Å². The van der Waals surface area contributed by atoms with Gasteiger partial charge in [-0.1, -0.05) is 55.7 Å². The van der Waals surface area contributed by atoms with E-state index in [2.05, 4.69) is 28.4 Å². The van der Waals surface area contributed by atoms with Crippen LogP contribution in [0.25, 0.3) is 0 Å². The van der Waals surface area contributed by atoms with Gasteiger partial charge in [-0.05, 0) is 54.0 Å². The lowest BCUT2D eigenvalue weighted by Gasteiger charge is -2.15. The molecule has 174 valence electrons. The zero-order valence-electron chi connectivity index (χ0n) is 19.0. The highest BCUT2D eigenvalue weighted by Gasteiger charge is 2.18. The second-order valence-corrected chi connectivity index (χ2v) is 6.93. The van der Waals surface area contributed by atoms with Gasteiger partial charge >= 0.3 is 0 Å². The number of halogens is 3. The van der Waals surface area contributed by atoms with Crippen LogP contribution in [0, 0.1) is 22.9 Å². The molecule has 1 N–H and O–H groups in total. The van der Waals surface area contributed by atoms with Gasteiger partial charge in [-0.25, -0.2) is 18.2 Å². The molecule has 0 spiro atoms. The summed E-state index contributed by atoms with van der Waals surface area (Å²) in [4.78, 5) is 4.17. The molecule has 0 aromatic heterocycles. The third-order valence-corrected chi connectivity index (χ3v) is 4.65. The number of rotatable bonds is 9. The van der Waals surface area contributed by atoms with E-state index in [9.17, 15) is 13.2 Å². The Kier molecular flexibility index (Phi) is 9.83. The van der Waals surface area contributed by atoms with Crippen molar-refractivity contribution in [3.63, 3.8) is 0 Å². The Morgan fingerprint density at radius 3 is 2.41 bits per heavy atom. The number of hydrogen-bond acceptors (Lipinski definition) is 3. The summed E-state index contributed by atoms with van der Waals surface area (Å²) in [7, 11) is 1.45. The first kappa shape index (κ1) is 26.1. The van der Waals surface area contributed by atoms with Crippen molar-refractivity contribution >= 4 is 11.5 Å². The number of amidine groups is 1. The number of benzene rings is 2. The van der Waals surface area contributed by atoms with Crippen LogP contribution in [0.4, 0.5) is 13.2 Å². The van der Waals surface area contributed by atoms with Crippen LogP contribution in [0.2, 0.25) is 0 Å². The molecule has 2 rings (SSSR count). The summed E-state index contributed by atoms with van der Waals surface area (Å²) in [5.74, 6) is -2.43. The average Bonchev–Trinajstić information content (AvgIpc) is 2.82. The van der Waals surface area contributed by atoms with E-state index in [1.54, 1.807) is 42.5 Å². The predicted molar refractivity (Wildman–Crippen MR) is 132 cm³/mol. The molecule has 0 aliphatic heterocycles. The molecule has 2 aromatic carbocycles. The van der Waals surface area contributed by atoms with Crippen molar-refractivity contribution in [3.8, 4) is 0 Å². The molecule has 0 heterocycles. The highest BCUT2D eigenvalue weighted by molar-refractivity contribution is 6.16. The van der Waals surface area contributed by atoms with Crippen molar-refractivity contribution in [3.05, 3.63) is 131 Å². The molecule has 0 amide bonds. The van der Waals surface area contributed by atoms with Crippen LogP contribution in [0.5, 0.6) is 0 Å². The van der Waals surface area contributed by atoms with Gasteiger partial charge < -0.3 is 0 Å². The van der Waals surface area contributed by atoms with Crippen molar-refractivity contribution in [2.24, 2.45) is 15.2 Å². The second kappa shape index (κ2) is 12.8. The maximum atomic E-state index is 14.5. The fraction of sp³-hybridized carbons (Fsp3) is 0.111. The first-order valence-corrected chi connectivity index (χ1v) is 10.3. The van der Waals surface area contributed by atoms with Crippen molar-refractivity contribution in [1.29, 1.82) is 5.41 Å². The van der Waals surface area contributed by atoms with Crippen molar-refractivity contribution in [2.45, 2.75) is 13.3 Å². The molecule has 0 saturated heterocycles. The Morgan fingerprint density at radius 2 is 1.79 bits per heavy atom. The van der Waals surface area contributed by atoms with E-state index in [0.717, 1.165) is 18.2 Å². The molecule has 7 heteroatoms. The van der Waals surface area contributed by atoms with Gasteiger partial charge in [-0.3, -0.25) is 5.41 Å². The number of hydrogen-bond donors (Lipinski definition) is 1. The van der Waals surface area contributed by atoms with E-state index in [-0.39, 0.29) is 23.4 Å². The highest BCUT2D eigenvalue weighted by atomic mass is 19.1. The van der Waals surface area contributed by atoms with E-state index in [4.69, 9.17) is 5.41 Å². The molecule has 0 unspecified atom stereocenters. The van der Waals surface area contributed by atoms with Gasteiger partial charge in [0, 0.05) is 13.5 Å². The smallest absolute Gasteiger partial charge is 0.155 e. The average molecular weight is 463 g/mol. The van der Waals surface area contributed by atoms with Crippen LogP contribution in [-0.4, -0.2) is 18.6 Å². The maximum absolute atomic E-state index is 14.5. The quantitative estimate of drug-likeness (QED) is 0.176. The van der Waals surface area contributed by atoms with Gasteiger partial charge in [-0.15, -0.1) is 0 Å². The number of aliphatic imine (C=N–C) groups is 1. The number of nitrogens with zero attached hydrogens (tertiary/aromatic N) is 3. The molecule has 0 bridgehead atoms. The lowest BCUT2D eigenvalue weighted by atomic mass is 9.93. The zero-order chi connectivity index (χ0) is 25.1. The van der Waals surface area contributed by atoms with Crippen LogP contribution in [0.3, 0.4) is 0 Å². The first-order chi connectivity index (χ1) is 16.4. The van der Waals surface area contributed by atoms with Gasteiger partial charge in [-0.2, -0.15) is 10.2 Å². The lowest BCUT2D eigenvalue weighted by molar-refractivity contribution is 0.597. The van der Waals surface area contributed by atoms with Crippen LogP contribution in [-0.2, 0) is 6.42 Å². The maximum Gasteiger partial charge on any atom is 0.155 e. The summed E-state index contributed by atoms with van der Waals surface area (Å²) in [5, 5.41) is 16.3. The van der Waals surface area contributed by atoms with Crippen LogP contribution >= 0.6 is 0 Å². The minimum atomic E-state index is -0.797. The fourth-order valence-corrected chi connectivity index (χ4v) is 3.14. The molecule has 34 heavy (non-hydrogen) atoms. The minimum absolute atomic E-state index is 0.0880. The molecule has 0 atom stereocenters. The number of nitrogens with one attached hydrogen (secondary N) is 1. The predicted octanol–water partition coefficient (Wildman–Crippen LogP) is 7.32. The Balaban J connectivity index is 2.81.